The first-order chi connectivity index (χ1) is 10.5. The lowest BCUT2D eigenvalue weighted by Crippen LogP contribution is -2.29. The Morgan fingerprint density at radius 3 is 2.59 bits per heavy atom. The van der Waals surface area contributed by atoms with E-state index in [-0.39, 0.29) is 12.5 Å². The molecule has 0 fully saturated rings. The molecule has 0 atom stereocenters. The zero-order chi connectivity index (χ0) is 15.9. The Hall–Kier alpha value is -2.41. The molecule has 0 bridgehead atoms. The lowest BCUT2D eigenvalue weighted by molar-refractivity contribution is -0.137. The van der Waals surface area contributed by atoms with Gasteiger partial charge in [0, 0.05) is 35.3 Å². The predicted octanol–water partition coefficient (Wildman–Crippen LogP) is 3.10. The molecule has 2 rings (SSSR count). The van der Waals surface area contributed by atoms with Gasteiger partial charge < -0.3 is 15.7 Å². The van der Waals surface area contributed by atoms with Crippen LogP contribution in [-0.2, 0) is 4.79 Å². The third-order valence-corrected chi connectivity index (χ3v) is 3.87. The first kappa shape index (κ1) is 16.0. The van der Waals surface area contributed by atoms with Crippen molar-refractivity contribution in [2.45, 2.75) is 19.8 Å². The molecule has 0 aliphatic heterocycles. The van der Waals surface area contributed by atoms with Gasteiger partial charge in [0.15, 0.2) is 0 Å². The number of nitrogens with zero attached hydrogens (tertiary/aromatic N) is 1. The number of aryl methyl sites for hydroxylation is 1. The third kappa shape index (κ3) is 4.85. The second kappa shape index (κ2) is 7.56. The van der Waals surface area contributed by atoms with Gasteiger partial charge in [0.05, 0.1) is 0 Å². The molecule has 2 aromatic rings. The van der Waals surface area contributed by atoms with E-state index in [1.807, 2.05) is 36.6 Å². The Bertz CT molecular complexity index is 652. The van der Waals surface area contributed by atoms with Gasteiger partial charge in [-0.25, -0.2) is 9.78 Å². The van der Waals surface area contributed by atoms with Crippen LogP contribution in [0.2, 0.25) is 0 Å². The minimum absolute atomic E-state index is 0.0439. The van der Waals surface area contributed by atoms with Gasteiger partial charge >= 0.3 is 12.0 Å². The number of urea groups is 1. The Morgan fingerprint density at radius 2 is 2.00 bits per heavy atom. The summed E-state index contributed by atoms with van der Waals surface area (Å²) in [5.41, 5.74) is 2.67. The van der Waals surface area contributed by atoms with Crippen molar-refractivity contribution in [3.05, 3.63) is 35.3 Å². The van der Waals surface area contributed by atoms with Crippen LogP contribution in [0.5, 0.6) is 0 Å². The number of hydrogen-bond acceptors (Lipinski definition) is 4. The quantitative estimate of drug-likeness (QED) is 0.713. The van der Waals surface area contributed by atoms with Crippen LogP contribution in [-0.4, -0.2) is 28.6 Å². The van der Waals surface area contributed by atoms with Crippen molar-refractivity contribution in [3.8, 4) is 10.6 Å². The van der Waals surface area contributed by atoms with Crippen molar-refractivity contribution in [1.82, 2.24) is 10.3 Å². The molecule has 0 saturated heterocycles. The van der Waals surface area contributed by atoms with Gasteiger partial charge in [-0.05, 0) is 37.6 Å². The van der Waals surface area contributed by atoms with E-state index in [1.54, 1.807) is 11.3 Å². The van der Waals surface area contributed by atoms with Crippen molar-refractivity contribution in [3.63, 3.8) is 0 Å². The summed E-state index contributed by atoms with van der Waals surface area (Å²) in [7, 11) is 0. The lowest BCUT2D eigenvalue weighted by Gasteiger charge is -2.07. The highest BCUT2D eigenvalue weighted by molar-refractivity contribution is 7.13. The lowest BCUT2D eigenvalue weighted by atomic mass is 10.2. The highest BCUT2D eigenvalue weighted by atomic mass is 32.1. The maximum absolute atomic E-state index is 11.6. The smallest absolute Gasteiger partial charge is 0.319 e. The summed E-state index contributed by atoms with van der Waals surface area (Å²) in [6.07, 6.45) is 0.452. The van der Waals surface area contributed by atoms with Crippen LogP contribution < -0.4 is 10.6 Å². The summed E-state index contributed by atoms with van der Waals surface area (Å²) in [5, 5.41) is 16.8. The third-order valence-electron chi connectivity index (χ3n) is 2.86. The molecule has 0 unspecified atom stereocenters. The standard InChI is InChI=1S/C15H17N3O3S/c1-10-9-22-14(17-10)11-4-6-12(7-5-11)18-15(21)16-8-2-3-13(19)20/h4-7,9H,2-3,8H2,1H3,(H,19,20)(H2,16,18,21). The second-order valence-corrected chi connectivity index (χ2v) is 5.61. The van der Waals surface area contributed by atoms with E-state index in [0.717, 1.165) is 16.3 Å². The zero-order valence-electron chi connectivity index (χ0n) is 12.1. The maximum atomic E-state index is 11.6. The summed E-state index contributed by atoms with van der Waals surface area (Å²) in [6, 6.07) is 7.07. The summed E-state index contributed by atoms with van der Waals surface area (Å²) in [4.78, 5) is 26.4. The van der Waals surface area contributed by atoms with Crippen LogP contribution in [0.3, 0.4) is 0 Å². The summed E-state index contributed by atoms with van der Waals surface area (Å²) >= 11 is 1.58. The molecule has 1 aromatic heterocycles. The minimum atomic E-state index is -0.866. The minimum Gasteiger partial charge on any atom is -0.481 e. The van der Waals surface area contributed by atoms with Gasteiger partial charge in [0.25, 0.3) is 0 Å². The van der Waals surface area contributed by atoms with Crippen molar-refractivity contribution >= 4 is 29.0 Å². The number of aromatic nitrogens is 1. The van der Waals surface area contributed by atoms with Crippen LogP contribution >= 0.6 is 11.3 Å². The Labute approximate surface area is 132 Å². The monoisotopic (exact) mass is 319 g/mol. The molecule has 1 heterocycles. The van der Waals surface area contributed by atoms with Crippen LogP contribution in [0.15, 0.2) is 29.6 Å². The van der Waals surface area contributed by atoms with Gasteiger partial charge in [0.2, 0.25) is 0 Å². The molecule has 7 heteroatoms. The van der Waals surface area contributed by atoms with E-state index in [1.165, 1.54) is 0 Å². The molecule has 22 heavy (non-hydrogen) atoms. The van der Waals surface area contributed by atoms with Crippen molar-refractivity contribution < 1.29 is 14.7 Å². The molecule has 6 nitrogen and oxygen atoms in total. The number of rotatable bonds is 6. The molecular formula is C15H17N3O3S. The first-order valence-corrected chi connectivity index (χ1v) is 7.72. The number of carboxylic acids is 1. The molecule has 3 N–H and O–H groups in total. The molecule has 0 saturated carbocycles. The topological polar surface area (TPSA) is 91.3 Å². The molecule has 116 valence electrons. The average Bonchev–Trinajstić information content (AvgIpc) is 2.91. The number of carbonyl (C=O) groups excluding carboxylic acids is 1. The summed E-state index contributed by atoms with van der Waals surface area (Å²) < 4.78 is 0. The SMILES string of the molecule is Cc1csc(-c2ccc(NC(=O)NCCCC(=O)O)cc2)n1. The second-order valence-electron chi connectivity index (χ2n) is 4.75. The van der Waals surface area contributed by atoms with Crippen molar-refractivity contribution in [2.24, 2.45) is 0 Å². The normalized spacial score (nSPS) is 10.2. The largest absolute Gasteiger partial charge is 0.481 e. The summed E-state index contributed by atoms with van der Waals surface area (Å²) in [5.74, 6) is -0.866. The fraction of sp³-hybridized carbons (Fsp3) is 0.267. The van der Waals surface area contributed by atoms with Crippen molar-refractivity contribution in [2.75, 3.05) is 11.9 Å². The van der Waals surface area contributed by atoms with Gasteiger partial charge in [-0.15, -0.1) is 11.3 Å². The molecule has 0 spiro atoms. The molecule has 0 aliphatic rings. The summed E-state index contributed by atoms with van der Waals surface area (Å²) in [6.45, 7) is 2.28. The number of carbonyl (C=O) groups is 2. The Balaban J connectivity index is 1.83. The highest BCUT2D eigenvalue weighted by Crippen LogP contribution is 2.24. The van der Waals surface area contributed by atoms with Crippen LogP contribution in [0, 0.1) is 6.92 Å². The number of nitrogens with one attached hydrogen (secondary N) is 2. The fourth-order valence-electron chi connectivity index (χ4n) is 1.80. The predicted molar refractivity (Wildman–Crippen MR) is 86.2 cm³/mol. The number of anilines is 1. The van der Waals surface area contributed by atoms with E-state index in [4.69, 9.17) is 5.11 Å². The van der Waals surface area contributed by atoms with E-state index >= 15 is 0 Å². The van der Waals surface area contributed by atoms with Crippen LogP contribution in [0.1, 0.15) is 18.5 Å². The fourth-order valence-corrected chi connectivity index (χ4v) is 2.60. The van der Waals surface area contributed by atoms with E-state index < -0.39 is 5.97 Å². The molecule has 1 aromatic carbocycles. The molecule has 2 amide bonds. The average molecular weight is 319 g/mol. The molecule has 0 radical (unpaired) electrons. The van der Waals surface area contributed by atoms with Crippen LogP contribution in [0.25, 0.3) is 10.6 Å². The van der Waals surface area contributed by atoms with Gasteiger partial charge in [-0.2, -0.15) is 0 Å². The van der Waals surface area contributed by atoms with E-state index in [9.17, 15) is 9.59 Å². The van der Waals surface area contributed by atoms with Gasteiger partial charge in [0.1, 0.15) is 5.01 Å². The van der Waals surface area contributed by atoms with Crippen molar-refractivity contribution in [1.29, 1.82) is 0 Å². The number of aliphatic carboxylic acids is 1. The molecular weight excluding hydrogens is 302 g/mol. The number of amides is 2. The van der Waals surface area contributed by atoms with E-state index in [0.29, 0.717) is 18.7 Å². The highest BCUT2D eigenvalue weighted by Gasteiger charge is 2.05. The molecule has 0 aliphatic carbocycles. The maximum Gasteiger partial charge on any atom is 0.319 e. The van der Waals surface area contributed by atoms with Crippen LogP contribution in [0.4, 0.5) is 10.5 Å². The first-order valence-electron chi connectivity index (χ1n) is 6.84. The number of benzene rings is 1. The number of thiazole rings is 1. The van der Waals surface area contributed by atoms with E-state index in [2.05, 4.69) is 15.6 Å². The number of hydrogen-bond donors (Lipinski definition) is 3. The zero-order valence-corrected chi connectivity index (χ0v) is 12.9. The van der Waals surface area contributed by atoms with Gasteiger partial charge in [-0.1, -0.05) is 0 Å². The Kier molecular flexibility index (Phi) is 5.48. The van der Waals surface area contributed by atoms with Gasteiger partial charge in [-0.3, -0.25) is 4.79 Å². The Morgan fingerprint density at radius 1 is 1.27 bits per heavy atom. The number of carboxylic acid groups (broad SMARTS) is 1.